The summed E-state index contributed by atoms with van der Waals surface area (Å²) in [6.07, 6.45) is -2.82. The Bertz CT molecular complexity index is 1070. The molecule has 1 saturated heterocycles. The largest absolute Gasteiger partial charge is 0.468 e. The number of hydrogen-bond acceptors (Lipinski definition) is 10. The third kappa shape index (κ3) is 4.38. The highest BCUT2D eigenvalue weighted by molar-refractivity contribution is 5.75. The predicted octanol–water partition coefficient (Wildman–Crippen LogP) is 0.0675. The summed E-state index contributed by atoms with van der Waals surface area (Å²) in [6, 6.07) is 1.60. The van der Waals surface area contributed by atoms with Crippen molar-refractivity contribution in [2.75, 3.05) is 13.7 Å². The second kappa shape index (κ2) is 8.76. The number of carbonyl (C=O) groups is 3. The van der Waals surface area contributed by atoms with Crippen molar-refractivity contribution in [1.29, 1.82) is 0 Å². The maximum Gasteiger partial charge on any atom is 0.303 e. The third-order valence-corrected chi connectivity index (χ3v) is 4.69. The van der Waals surface area contributed by atoms with Crippen LogP contribution in [0.2, 0.25) is 0 Å². The van der Waals surface area contributed by atoms with Crippen LogP contribution in [-0.4, -0.2) is 64.1 Å². The molecule has 0 bridgehead atoms. The van der Waals surface area contributed by atoms with Gasteiger partial charge in [0.2, 0.25) is 0 Å². The van der Waals surface area contributed by atoms with Crippen LogP contribution in [0.1, 0.15) is 27.0 Å². The number of ether oxygens (including phenoxy) is 5. The van der Waals surface area contributed by atoms with Gasteiger partial charge in [-0.25, -0.2) is 0 Å². The van der Waals surface area contributed by atoms with Crippen molar-refractivity contribution in [3.05, 3.63) is 22.6 Å². The zero-order chi connectivity index (χ0) is 22.9. The first-order valence-electron chi connectivity index (χ1n) is 9.38. The van der Waals surface area contributed by atoms with E-state index in [1.165, 1.54) is 56.3 Å². The molecule has 0 saturated carbocycles. The fourth-order valence-corrected chi connectivity index (χ4v) is 3.51. The Kier molecular flexibility index (Phi) is 6.29. The predicted molar refractivity (Wildman–Crippen MR) is 103 cm³/mol. The Balaban J connectivity index is 2.11. The number of esters is 3. The maximum atomic E-state index is 12.6. The van der Waals surface area contributed by atoms with Crippen molar-refractivity contribution < 1.29 is 38.1 Å². The van der Waals surface area contributed by atoms with E-state index >= 15 is 0 Å². The van der Waals surface area contributed by atoms with Crippen molar-refractivity contribution in [3.63, 3.8) is 0 Å². The summed E-state index contributed by atoms with van der Waals surface area (Å²) in [5, 5.41) is 0.277. The first-order chi connectivity index (χ1) is 14.6. The van der Waals surface area contributed by atoms with Gasteiger partial charge in [0, 0.05) is 34.0 Å². The SMILES string of the molecule is COc1nc2c(ccn2[C@H]2OC[C@H](OC(C)=O)[C@@H](OC(C)=O)[C@H]2OC(C)=O)c(=O)n1C. The molecule has 0 radical (unpaired) electrons. The molecule has 0 spiro atoms. The summed E-state index contributed by atoms with van der Waals surface area (Å²) >= 11 is 0. The summed E-state index contributed by atoms with van der Waals surface area (Å²) < 4.78 is 29.7. The van der Waals surface area contributed by atoms with Gasteiger partial charge in [0.05, 0.1) is 19.1 Å². The van der Waals surface area contributed by atoms with Crippen LogP contribution in [0.3, 0.4) is 0 Å². The number of rotatable bonds is 5. The quantitative estimate of drug-likeness (QED) is 0.466. The highest BCUT2D eigenvalue weighted by Gasteiger charge is 2.48. The zero-order valence-electron chi connectivity index (χ0n) is 17.7. The lowest BCUT2D eigenvalue weighted by atomic mass is 10.0. The van der Waals surface area contributed by atoms with Crippen LogP contribution in [-0.2, 0) is 40.4 Å². The van der Waals surface area contributed by atoms with Crippen LogP contribution >= 0.6 is 0 Å². The Morgan fingerprint density at radius 2 is 1.68 bits per heavy atom. The standard InChI is InChI=1S/C19H23N3O9/c1-9(23)29-13-8-28-18(15(31-11(3)25)14(13)30-10(2)24)22-7-6-12-16(22)20-19(27-5)21(4)17(12)26/h6-7,13-15,18H,8H2,1-5H3/t13-,14+,15+,18-/m0/s1. The van der Waals surface area contributed by atoms with Crippen molar-refractivity contribution in [1.82, 2.24) is 14.1 Å². The summed E-state index contributed by atoms with van der Waals surface area (Å²) in [7, 11) is 2.89. The normalized spacial score (nSPS) is 23.3. The molecular weight excluding hydrogens is 414 g/mol. The van der Waals surface area contributed by atoms with E-state index in [0.29, 0.717) is 0 Å². The number of carbonyl (C=O) groups excluding carboxylic acids is 3. The molecule has 12 heteroatoms. The molecule has 1 aliphatic heterocycles. The Morgan fingerprint density at radius 3 is 2.26 bits per heavy atom. The van der Waals surface area contributed by atoms with E-state index in [1.54, 1.807) is 0 Å². The van der Waals surface area contributed by atoms with E-state index in [9.17, 15) is 19.2 Å². The fourth-order valence-electron chi connectivity index (χ4n) is 3.51. The first kappa shape index (κ1) is 22.3. The zero-order valence-corrected chi connectivity index (χ0v) is 17.7. The Hall–Kier alpha value is -3.41. The molecule has 0 N–H and O–H groups in total. The lowest BCUT2D eigenvalue weighted by molar-refractivity contribution is -0.239. The summed E-state index contributed by atoms with van der Waals surface area (Å²) in [4.78, 5) is 52.0. The second-order valence-corrected chi connectivity index (χ2v) is 6.94. The molecule has 2 aromatic rings. The second-order valence-electron chi connectivity index (χ2n) is 6.94. The molecule has 0 unspecified atom stereocenters. The van der Waals surface area contributed by atoms with Gasteiger partial charge in [-0.2, -0.15) is 4.98 Å². The van der Waals surface area contributed by atoms with Gasteiger partial charge in [-0.15, -0.1) is 0 Å². The molecule has 2 aromatic heterocycles. The average Bonchev–Trinajstić information content (AvgIpc) is 3.10. The number of nitrogens with zero attached hydrogens (tertiary/aromatic N) is 3. The number of hydrogen-bond donors (Lipinski definition) is 0. The molecule has 168 valence electrons. The first-order valence-corrected chi connectivity index (χ1v) is 9.38. The highest BCUT2D eigenvalue weighted by atomic mass is 16.6. The summed E-state index contributed by atoms with van der Waals surface area (Å²) in [6.45, 7) is 3.41. The van der Waals surface area contributed by atoms with Gasteiger partial charge in [-0.3, -0.25) is 23.7 Å². The van der Waals surface area contributed by atoms with Crippen molar-refractivity contribution >= 4 is 28.9 Å². The van der Waals surface area contributed by atoms with E-state index in [-0.39, 0.29) is 29.2 Å². The summed E-state index contributed by atoms with van der Waals surface area (Å²) in [5.41, 5.74) is -0.135. The molecule has 3 rings (SSSR count). The van der Waals surface area contributed by atoms with Crippen LogP contribution in [0, 0.1) is 0 Å². The minimum absolute atomic E-state index is 0.0617. The van der Waals surface area contributed by atoms with Crippen LogP contribution in [0.25, 0.3) is 11.0 Å². The molecule has 31 heavy (non-hydrogen) atoms. The van der Waals surface area contributed by atoms with Crippen LogP contribution in [0.4, 0.5) is 0 Å². The van der Waals surface area contributed by atoms with Gasteiger partial charge in [0.1, 0.15) is 0 Å². The smallest absolute Gasteiger partial charge is 0.303 e. The van der Waals surface area contributed by atoms with Gasteiger partial charge in [-0.05, 0) is 6.07 Å². The van der Waals surface area contributed by atoms with Crippen LogP contribution in [0.5, 0.6) is 6.01 Å². The molecule has 1 aliphatic rings. The minimum Gasteiger partial charge on any atom is -0.468 e. The van der Waals surface area contributed by atoms with Crippen LogP contribution in [0.15, 0.2) is 17.1 Å². The van der Waals surface area contributed by atoms with E-state index < -0.39 is 42.4 Å². The van der Waals surface area contributed by atoms with Crippen molar-refractivity contribution in [2.45, 2.75) is 45.3 Å². The lowest BCUT2D eigenvalue weighted by Crippen LogP contribution is -2.55. The van der Waals surface area contributed by atoms with Gasteiger partial charge in [0.25, 0.3) is 5.56 Å². The molecule has 3 heterocycles. The highest BCUT2D eigenvalue weighted by Crippen LogP contribution is 2.32. The number of aromatic nitrogens is 3. The van der Waals surface area contributed by atoms with E-state index in [1.807, 2.05) is 0 Å². The number of fused-ring (bicyclic) bond motifs is 1. The monoisotopic (exact) mass is 437 g/mol. The molecular formula is C19H23N3O9. The van der Waals surface area contributed by atoms with E-state index in [0.717, 1.165) is 0 Å². The summed E-state index contributed by atoms with van der Waals surface area (Å²) in [5.74, 6) is -1.95. The molecule has 12 nitrogen and oxygen atoms in total. The fraction of sp³-hybridized carbons (Fsp3) is 0.526. The number of methoxy groups -OCH3 is 1. The molecule has 0 aromatic carbocycles. The molecule has 0 aliphatic carbocycles. The average molecular weight is 437 g/mol. The van der Waals surface area contributed by atoms with Gasteiger partial charge in [-0.1, -0.05) is 0 Å². The van der Waals surface area contributed by atoms with Crippen molar-refractivity contribution in [2.24, 2.45) is 7.05 Å². The molecule has 1 fully saturated rings. The Labute approximate surface area is 176 Å². The van der Waals surface area contributed by atoms with Crippen molar-refractivity contribution in [3.8, 4) is 6.01 Å². The van der Waals surface area contributed by atoms with Gasteiger partial charge < -0.3 is 28.3 Å². The van der Waals surface area contributed by atoms with E-state index in [2.05, 4.69) is 4.98 Å². The van der Waals surface area contributed by atoms with Crippen LogP contribution < -0.4 is 10.3 Å². The minimum atomic E-state index is -1.19. The van der Waals surface area contributed by atoms with Gasteiger partial charge in [0.15, 0.2) is 30.2 Å². The maximum absolute atomic E-state index is 12.6. The van der Waals surface area contributed by atoms with Gasteiger partial charge >= 0.3 is 23.9 Å². The third-order valence-electron chi connectivity index (χ3n) is 4.69. The van der Waals surface area contributed by atoms with E-state index in [4.69, 9.17) is 23.7 Å². The molecule has 0 amide bonds. The molecule has 4 atom stereocenters. The Morgan fingerprint density at radius 1 is 1.06 bits per heavy atom. The topological polar surface area (TPSA) is 137 Å². The lowest BCUT2D eigenvalue weighted by Gasteiger charge is -2.40.